The van der Waals surface area contributed by atoms with Gasteiger partial charge in [-0.15, -0.1) is 11.8 Å². The Hall–Kier alpha value is -3.53. The first kappa shape index (κ1) is 25.1. The molecule has 1 aromatic heterocycles. The second-order valence-corrected chi connectivity index (χ2v) is 11.5. The summed E-state index contributed by atoms with van der Waals surface area (Å²) in [5.41, 5.74) is 2.46. The van der Waals surface area contributed by atoms with Crippen molar-refractivity contribution in [3.05, 3.63) is 120 Å². The van der Waals surface area contributed by atoms with Crippen molar-refractivity contribution in [2.45, 2.75) is 16.3 Å². The molecular weight excluding hydrogens is 509 g/mol. The lowest BCUT2D eigenvalue weighted by molar-refractivity contribution is -0.122. The van der Waals surface area contributed by atoms with Gasteiger partial charge in [0.15, 0.2) is 0 Å². The number of aromatic nitrogens is 1. The van der Waals surface area contributed by atoms with E-state index in [1.54, 1.807) is 42.6 Å². The Morgan fingerprint density at radius 3 is 2.35 bits per heavy atom. The first-order valence-electron chi connectivity index (χ1n) is 11.7. The first-order valence-corrected chi connectivity index (χ1v) is 14.2. The van der Waals surface area contributed by atoms with Crippen LogP contribution in [0.1, 0.15) is 17.3 Å². The largest absolute Gasteiger partial charge is 0.341 e. The summed E-state index contributed by atoms with van der Waals surface area (Å²) in [6.07, 6.45) is 1.66. The summed E-state index contributed by atoms with van der Waals surface area (Å²) in [7, 11) is -3.96. The monoisotopic (exact) mass is 533 g/mol. The third kappa shape index (κ3) is 5.29. The number of benzene rings is 3. The van der Waals surface area contributed by atoms with Crippen LogP contribution < -0.4 is 5.32 Å². The van der Waals surface area contributed by atoms with Crippen LogP contribution in [0.4, 0.5) is 4.39 Å². The highest BCUT2D eigenvalue weighted by atomic mass is 32.2. The highest BCUT2D eigenvalue weighted by molar-refractivity contribution is 8.02. The fraction of sp³-hybridized carbons (Fsp3) is 0.143. The van der Waals surface area contributed by atoms with Crippen LogP contribution in [0.25, 0.3) is 11.1 Å². The molecule has 2 heterocycles. The minimum Gasteiger partial charge on any atom is -0.341 e. The normalized spacial score (nSPS) is 16.8. The Morgan fingerprint density at radius 1 is 0.946 bits per heavy atom. The van der Waals surface area contributed by atoms with Gasteiger partial charge in [-0.2, -0.15) is 4.31 Å². The van der Waals surface area contributed by atoms with Crippen LogP contribution in [0.2, 0.25) is 0 Å². The van der Waals surface area contributed by atoms with Gasteiger partial charge in [-0.25, -0.2) is 12.8 Å². The third-order valence-corrected chi connectivity index (χ3v) is 9.34. The Morgan fingerprint density at radius 2 is 1.65 bits per heavy atom. The van der Waals surface area contributed by atoms with Crippen molar-refractivity contribution in [2.24, 2.45) is 0 Å². The van der Waals surface area contributed by atoms with Crippen LogP contribution in [0.5, 0.6) is 0 Å². The second kappa shape index (κ2) is 10.8. The smallest absolute Gasteiger partial charge is 0.249 e. The lowest BCUT2D eigenvalue weighted by atomic mass is 10.0. The molecule has 37 heavy (non-hydrogen) atoms. The number of hydrogen-bond acceptors (Lipinski definition) is 5. The van der Waals surface area contributed by atoms with Crippen molar-refractivity contribution in [3.8, 4) is 11.1 Å². The van der Waals surface area contributed by atoms with E-state index in [1.165, 1.54) is 34.3 Å². The van der Waals surface area contributed by atoms with Crippen LogP contribution in [0, 0.1) is 5.82 Å². The summed E-state index contributed by atoms with van der Waals surface area (Å²) in [5, 5.41) is 2.09. The van der Waals surface area contributed by atoms with E-state index in [4.69, 9.17) is 0 Å². The highest BCUT2D eigenvalue weighted by Crippen LogP contribution is 2.32. The van der Waals surface area contributed by atoms with Gasteiger partial charge in [0.25, 0.3) is 0 Å². The fourth-order valence-electron chi connectivity index (χ4n) is 4.28. The van der Waals surface area contributed by atoms with Crippen molar-refractivity contribution in [2.75, 3.05) is 12.3 Å². The van der Waals surface area contributed by atoms with Gasteiger partial charge in [0.1, 0.15) is 11.2 Å². The van der Waals surface area contributed by atoms with E-state index in [9.17, 15) is 17.6 Å². The number of sulfonamides is 1. The van der Waals surface area contributed by atoms with E-state index in [0.717, 1.165) is 5.56 Å². The van der Waals surface area contributed by atoms with Gasteiger partial charge in [-0.05, 0) is 41.5 Å². The maximum absolute atomic E-state index is 14.2. The Labute approximate surface area is 219 Å². The van der Waals surface area contributed by atoms with Crippen molar-refractivity contribution >= 4 is 27.7 Å². The van der Waals surface area contributed by atoms with Gasteiger partial charge in [0.05, 0.1) is 16.6 Å². The summed E-state index contributed by atoms with van der Waals surface area (Å²) in [4.78, 5) is 17.9. The third-order valence-electron chi connectivity index (χ3n) is 6.12. The van der Waals surface area contributed by atoms with Crippen molar-refractivity contribution in [1.82, 2.24) is 14.6 Å². The van der Waals surface area contributed by atoms with Crippen LogP contribution >= 0.6 is 11.8 Å². The zero-order valence-electron chi connectivity index (χ0n) is 19.7. The lowest BCUT2D eigenvalue weighted by Gasteiger charge is -2.25. The molecule has 1 aliphatic rings. The summed E-state index contributed by atoms with van der Waals surface area (Å²) in [5.74, 6) is -0.301. The Balaban J connectivity index is 1.39. The van der Waals surface area contributed by atoms with Gasteiger partial charge < -0.3 is 5.32 Å². The van der Waals surface area contributed by atoms with E-state index in [0.29, 0.717) is 22.6 Å². The molecule has 1 amide bonds. The average molecular weight is 534 g/mol. The van der Waals surface area contributed by atoms with E-state index < -0.39 is 27.3 Å². The van der Waals surface area contributed by atoms with Gasteiger partial charge in [0.2, 0.25) is 15.9 Å². The number of thioether (sulfide) groups is 1. The average Bonchev–Trinajstić information content (AvgIpc) is 3.44. The summed E-state index contributed by atoms with van der Waals surface area (Å²) in [6.45, 7) is 0.208. The summed E-state index contributed by atoms with van der Waals surface area (Å²) < 4.78 is 42.5. The number of nitrogens with zero attached hydrogens (tertiary/aromatic N) is 2. The molecule has 0 spiro atoms. The molecule has 1 N–H and O–H groups in total. The molecule has 0 aliphatic carbocycles. The lowest BCUT2D eigenvalue weighted by Crippen LogP contribution is -2.46. The minimum absolute atomic E-state index is 0.0530. The molecule has 0 bridgehead atoms. The summed E-state index contributed by atoms with van der Waals surface area (Å²) >= 11 is 1.28. The van der Waals surface area contributed by atoms with Crippen LogP contribution in [0.3, 0.4) is 0 Å². The molecule has 1 saturated heterocycles. The van der Waals surface area contributed by atoms with Gasteiger partial charge in [-0.3, -0.25) is 9.78 Å². The molecule has 6 nitrogen and oxygen atoms in total. The molecule has 0 radical (unpaired) electrons. The number of nitrogens with one attached hydrogen (secondary N) is 1. The minimum atomic E-state index is -3.96. The number of carbonyl (C=O) groups is 1. The van der Waals surface area contributed by atoms with Gasteiger partial charge >= 0.3 is 0 Å². The number of rotatable bonds is 7. The molecule has 3 aromatic carbocycles. The predicted molar refractivity (Wildman–Crippen MR) is 143 cm³/mol. The molecule has 2 atom stereocenters. The zero-order valence-corrected chi connectivity index (χ0v) is 21.3. The van der Waals surface area contributed by atoms with Crippen LogP contribution in [-0.2, 0) is 14.8 Å². The highest BCUT2D eigenvalue weighted by Gasteiger charge is 2.41. The van der Waals surface area contributed by atoms with Crippen molar-refractivity contribution < 1.29 is 17.6 Å². The molecule has 1 fully saturated rings. The van der Waals surface area contributed by atoms with Crippen molar-refractivity contribution in [1.29, 1.82) is 0 Å². The number of hydrogen-bond donors (Lipinski definition) is 1. The maximum atomic E-state index is 14.2. The van der Waals surface area contributed by atoms with E-state index in [2.05, 4.69) is 10.3 Å². The van der Waals surface area contributed by atoms with Crippen molar-refractivity contribution in [3.63, 3.8) is 0 Å². The number of carbonyl (C=O) groups excluding carboxylic acids is 1. The standard InChI is InChI=1S/C28H24FN3O3S2/c29-24-11-5-4-10-23(24)20-13-15-22(16-14-20)37(34,35)32-18-19-36-28(32)27(33)31-26(21-8-2-1-3-9-21)25-12-6-7-17-30-25/h1-17,26,28H,18-19H2,(H,31,33)/t26-,28-/m0/s1. The molecule has 0 saturated carbocycles. The topological polar surface area (TPSA) is 79.4 Å². The Bertz CT molecular complexity index is 1440. The summed E-state index contributed by atoms with van der Waals surface area (Å²) in [6, 6.07) is 26.8. The van der Waals surface area contributed by atoms with E-state index >= 15 is 0 Å². The maximum Gasteiger partial charge on any atom is 0.249 e. The molecule has 4 aromatic rings. The quantitative estimate of drug-likeness (QED) is 0.367. The van der Waals surface area contributed by atoms with E-state index in [-0.39, 0.29) is 17.3 Å². The second-order valence-electron chi connectivity index (χ2n) is 8.45. The molecule has 1 aliphatic heterocycles. The predicted octanol–water partition coefficient (Wildman–Crippen LogP) is 4.86. The number of amides is 1. The van der Waals surface area contributed by atoms with Crippen LogP contribution in [-0.4, -0.2) is 41.3 Å². The number of pyridine rings is 1. The van der Waals surface area contributed by atoms with E-state index in [1.807, 2.05) is 42.5 Å². The van der Waals surface area contributed by atoms with Gasteiger partial charge in [-0.1, -0.05) is 66.7 Å². The molecule has 0 unspecified atom stereocenters. The first-order chi connectivity index (χ1) is 17.9. The SMILES string of the molecule is O=C(N[C@@H](c1ccccc1)c1ccccn1)[C@@H]1SCCN1S(=O)(=O)c1ccc(-c2ccccc2F)cc1. The van der Waals surface area contributed by atoms with Crippen LogP contribution in [0.15, 0.2) is 108 Å². The molecule has 188 valence electrons. The zero-order chi connectivity index (χ0) is 25.8. The molecular formula is C28H24FN3O3S2. The molecule has 9 heteroatoms. The van der Waals surface area contributed by atoms with Gasteiger partial charge in [0, 0.05) is 24.1 Å². The Kier molecular flexibility index (Phi) is 7.36. The fourth-order valence-corrected chi connectivity index (χ4v) is 7.36. The number of halogens is 1. The molecule has 5 rings (SSSR count).